The Morgan fingerprint density at radius 3 is 2.57 bits per heavy atom. The molecule has 2 aromatic carbocycles. The molecular weight excluding hydrogens is 401 g/mol. The van der Waals surface area contributed by atoms with Gasteiger partial charge in [0.2, 0.25) is 0 Å². The lowest BCUT2D eigenvalue weighted by Crippen LogP contribution is -2.20. The van der Waals surface area contributed by atoms with Crippen LogP contribution in [0.25, 0.3) is 0 Å². The predicted octanol–water partition coefficient (Wildman–Crippen LogP) is 5.90. The Kier molecular flexibility index (Phi) is 6.33. The van der Waals surface area contributed by atoms with Gasteiger partial charge in [-0.2, -0.15) is 0 Å². The highest BCUT2D eigenvalue weighted by atomic mass is 79.9. The third kappa shape index (κ3) is 5.13. The van der Waals surface area contributed by atoms with Crippen molar-refractivity contribution < 1.29 is 9.53 Å². The van der Waals surface area contributed by atoms with Gasteiger partial charge in [-0.3, -0.25) is 4.79 Å². The molecule has 23 heavy (non-hydrogen) atoms. The molecule has 0 fully saturated rings. The molecule has 0 aliphatic rings. The Labute approximate surface area is 154 Å². The van der Waals surface area contributed by atoms with Crippen molar-refractivity contribution in [3.63, 3.8) is 0 Å². The molecule has 0 bridgehead atoms. The normalized spacial score (nSPS) is 10.7. The largest absolute Gasteiger partial charge is 0.483 e. The molecular formula is C17H16BrCl2NO2. The van der Waals surface area contributed by atoms with Gasteiger partial charge in [0.25, 0.3) is 5.91 Å². The van der Waals surface area contributed by atoms with Gasteiger partial charge in [-0.25, -0.2) is 0 Å². The van der Waals surface area contributed by atoms with E-state index >= 15 is 0 Å². The predicted molar refractivity (Wildman–Crippen MR) is 98.8 cm³/mol. The number of benzene rings is 2. The van der Waals surface area contributed by atoms with Crippen LogP contribution in [-0.2, 0) is 4.79 Å². The highest BCUT2D eigenvalue weighted by molar-refractivity contribution is 9.10. The molecule has 1 N–H and O–H groups in total. The molecule has 2 aromatic rings. The average Bonchev–Trinajstić information content (AvgIpc) is 2.48. The minimum absolute atomic E-state index is 0.113. The fourth-order valence-corrected chi connectivity index (χ4v) is 2.88. The number of amides is 1. The van der Waals surface area contributed by atoms with E-state index in [4.69, 9.17) is 27.9 Å². The van der Waals surface area contributed by atoms with E-state index in [1.54, 1.807) is 18.2 Å². The minimum atomic E-state index is -0.297. The Morgan fingerprint density at radius 2 is 1.96 bits per heavy atom. The van der Waals surface area contributed by atoms with E-state index in [0.717, 1.165) is 4.47 Å². The first-order valence-electron chi connectivity index (χ1n) is 7.04. The summed E-state index contributed by atoms with van der Waals surface area (Å²) in [5.41, 5.74) is 1.69. The zero-order valence-electron chi connectivity index (χ0n) is 12.7. The van der Waals surface area contributed by atoms with Crippen LogP contribution in [-0.4, -0.2) is 12.5 Å². The Bertz CT molecular complexity index is 720. The van der Waals surface area contributed by atoms with Gasteiger partial charge in [0, 0.05) is 5.02 Å². The summed E-state index contributed by atoms with van der Waals surface area (Å²) < 4.78 is 6.36. The van der Waals surface area contributed by atoms with E-state index in [1.165, 1.54) is 5.56 Å². The maximum atomic E-state index is 12.0. The van der Waals surface area contributed by atoms with Crippen LogP contribution in [0, 0.1) is 0 Å². The van der Waals surface area contributed by atoms with Crippen LogP contribution >= 0.6 is 39.1 Å². The number of anilines is 1. The number of hydrogen-bond acceptors (Lipinski definition) is 2. The highest BCUT2D eigenvalue weighted by Gasteiger charge is 2.10. The second-order valence-electron chi connectivity index (χ2n) is 5.31. The maximum absolute atomic E-state index is 12.0. The number of ether oxygens (including phenoxy) is 1. The van der Waals surface area contributed by atoms with E-state index in [-0.39, 0.29) is 12.5 Å². The molecule has 0 saturated heterocycles. The van der Waals surface area contributed by atoms with Crippen LogP contribution in [0.2, 0.25) is 10.0 Å². The van der Waals surface area contributed by atoms with Crippen molar-refractivity contribution in [1.82, 2.24) is 0 Å². The van der Waals surface area contributed by atoms with Crippen molar-refractivity contribution in [3.05, 3.63) is 56.5 Å². The van der Waals surface area contributed by atoms with Gasteiger partial charge in [-0.1, -0.05) is 43.1 Å². The van der Waals surface area contributed by atoms with Crippen molar-refractivity contribution in [1.29, 1.82) is 0 Å². The zero-order chi connectivity index (χ0) is 17.0. The fraction of sp³-hybridized carbons (Fsp3) is 0.235. The topological polar surface area (TPSA) is 38.3 Å². The summed E-state index contributed by atoms with van der Waals surface area (Å²) in [4.78, 5) is 12.0. The summed E-state index contributed by atoms with van der Waals surface area (Å²) in [5, 5.41) is 3.58. The lowest BCUT2D eigenvalue weighted by Gasteiger charge is -2.12. The molecule has 0 aliphatic heterocycles. The second kappa shape index (κ2) is 8.04. The molecule has 0 aliphatic carbocycles. The van der Waals surface area contributed by atoms with Crippen molar-refractivity contribution in [3.8, 4) is 5.75 Å². The monoisotopic (exact) mass is 415 g/mol. The number of carbonyl (C=O) groups is 1. The van der Waals surface area contributed by atoms with Crippen LogP contribution in [0.3, 0.4) is 0 Å². The van der Waals surface area contributed by atoms with Crippen LogP contribution in [0.15, 0.2) is 40.9 Å². The Hall–Kier alpha value is -1.23. The SMILES string of the molecule is CC(C)c1ccc(OCC(=O)Nc2ccc(Cl)cc2Cl)c(Br)c1. The second-order valence-corrected chi connectivity index (χ2v) is 7.00. The van der Waals surface area contributed by atoms with E-state index in [2.05, 4.69) is 35.1 Å². The summed E-state index contributed by atoms with van der Waals surface area (Å²) in [6.07, 6.45) is 0. The maximum Gasteiger partial charge on any atom is 0.262 e. The average molecular weight is 417 g/mol. The number of hydrogen-bond donors (Lipinski definition) is 1. The number of nitrogens with one attached hydrogen (secondary N) is 1. The van der Waals surface area contributed by atoms with Gasteiger partial charge >= 0.3 is 0 Å². The highest BCUT2D eigenvalue weighted by Crippen LogP contribution is 2.29. The van der Waals surface area contributed by atoms with Crippen LogP contribution in [0.1, 0.15) is 25.3 Å². The van der Waals surface area contributed by atoms with Gasteiger partial charge in [0.1, 0.15) is 5.75 Å². The summed E-state index contributed by atoms with van der Waals surface area (Å²) >= 11 is 15.3. The molecule has 3 nitrogen and oxygen atoms in total. The molecule has 122 valence electrons. The lowest BCUT2D eigenvalue weighted by molar-refractivity contribution is -0.118. The summed E-state index contributed by atoms with van der Waals surface area (Å²) in [5.74, 6) is 0.747. The molecule has 0 radical (unpaired) electrons. The first kappa shape index (κ1) is 18.1. The number of carbonyl (C=O) groups excluding carboxylic acids is 1. The molecule has 6 heteroatoms. The number of halogens is 3. The molecule has 2 rings (SSSR count). The lowest BCUT2D eigenvalue weighted by atomic mass is 10.0. The third-order valence-electron chi connectivity index (χ3n) is 3.19. The van der Waals surface area contributed by atoms with E-state index in [0.29, 0.717) is 27.4 Å². The van der Waals surface area contributed by atoms with E-state index < -0.39 is 0 Å². The molecule has 1 amide bonds. The van der Waals surface area contributed by atoms with Crippen molar-refractivity contribution in [2.75, 3.05) is 11.9 Å². The van der Waals surface area contributed by atoms with E-state index in [1.807, 2.05) is 18.2 Å². The number of rotatable bonds is 5. The van der Waals surface area contributed by atoms with Crippen LogP contribution < -0.4 is 10.1 Å². The van der Waals surface area contributed by atoms with Gasteiger partial charge < -0.3 is 10.1 Å². The summed E-state index contributed by atoms with van der Waals surface area (Å²) in [6, 6.07) is 10.7. The standard InChI is InChI=1S/C17H16BrCl2NO2/c1-10(2)11-3-6-16(13(18)7-11)23-9-17(22)21-15-5-4-12(19)8-14(15)20/h3-8,10H,9H2,1-2H3,(H,21,22). The van der Waals surface area contributed by atoms with Crippen molar-refractivity contribution in [2.45, 2.75) is 19.8 Å². The Balaban J connectivity index is 1.96. The smallest absolute Gasteiger partial charge is 0.262 e. The molecule has 0 atom stereocenters. The van der Waals surface area contributed by atoms with Crippen molar-refractivity contribution in [2.24, 2.45) is 0 Å². The van der Waals surface area contributed by atoms with Crippen LogP contribution in [0.4, 0.5) is 5.69 Å². The minimum Gasteiger partial charge on any atom is -0.483 e. The van der Waals surface area contributed by atoms with Gasteiger partial charge in [-0.15, -0.1) is 0 Å². The van der Waals surface area contributed by atoms with Crippen LogP contribution in [0.5, 0.6) is 5.75 Å². The van der Waals surface area contributed by atoms with E-state index in [9.17, 15) is 4.79 Å². The first-order valence-corrected chi connectivity index (χ1v) is 8.59. The quantitative estimate of drug-likeness (QED) is 0.659. The fourth-order valence-electron chi connectivity index (χ4n) is 1.91. The van der Waals surface area contributed by atoms with Gasteiger partial charge in [-0.05, 0) is 57.7 Å². The molecule has 0 heterocycles. The molecule has 0 unspecified atom stereocenters. The Morgan fingerprint density at radius 1 is 1.22 bits per heavy atom. The summed E-state index contributed by atoms with van der Waals surface area (Å²) in [6.45, 7) is 4.12. The first-order chi connectivity index (χ1) is 10.9. The molecule has 0 spiro atoms. The van der Waals surface area contributed by atoms with Crippen molar-refractivity contribution >= 4 is 50.7 Å². The molecule has 0 saturated carbocycles. The zero-order valence-corrected chi connectivity index (χ0v) is 15.8. The molecule has 0 aromatic heterocycles. The summed E-state index contributed by atoms with van der Waals surface area (Å²) in [7, 11) is 0. The van der Waals surface area contributed by atoms with Gasteiger partial charge in [0.05, 0.1) is 15.2 Å². The third-order valence-corrected chi connectivity index (χ3v) is 4.35. The van der Waals surface area contributed by atoms with Gasteiger partial charge in [0.15, 0.2) is 6.61 Å².